The molecule has 1 aliphatic rings. The Balaban J connectivity index is 2.43. The van der Waals surface area contributed by atoms with Crippen molar-refractivity contribution in [2.75, 3.05) is 38.3 Å². The number of hydrogen-bond donors (Lipinski definition) is 0. The molecular weight excluding hydrogens is 268 g/mol. The number of ether oxygens (including phenoxy) is 1. The zero-order valence-corrected chi connectivity index (χ0v) is 13.0. The van der Waals surface area contributed by atoms with Crippen molar-refractivity contribution < 1.29 is 4.74 Å². The molecule has 1 aliphatic heterocycles. The van der Waals surface area contributed by atoms with Gasteiger partial charge in [0.05, 0.1) is 19.3 Å². The molecular formula is C16H22N2OS. The highest BCUT2D eigenvalue weighted by atomic mass is 32.2. The number of morpholine rings is 1. The predicted molar refractivity (Wildman–Crippen MR) is 83.7 cm³/mol. The monoisotopic (exact) mass is 290 g/mol. The first-order valence-electron chi connectivity index (χ1n) is 7.04. The minimum Gasteiger partial charge on any atom is -0.379 e. The summed E-state index contributed by atoms with van der Waals surface area (Å²) >= 11 is 1.80. The van der Waals surface area contributed by atoms with E-state index in [1.54, 1.807) is 11.8 Å². The molecule has 4 heteroatoms. The van der Waals surface area contributed by atoms with Crippen molar-refractivity contribution in [2.24, 2.45) is 5.92 Å². The van der Waals surface area contributed by atoms with Gasteiger partial charge in [-0.2, -0.15) is 17.0 Å². The van der Waals surface area contributed by atoms with Crippen LogP contribution in [0.5, 0.6) is 0 Å². The standard InChI is InChI=1S/C16H22N2OS/c1-14(12-20-2)16(13-17,15-6-4-3-5-7-15)18-8-10-19-11-9-18/h3-7,14H,8-12H2,1-2H3/t14-,16+/m0/s1. The molecule has 20 heavy (non-hydrogen) atoms. The molecule has 2 atom stereocenters. The summed E-state index contributed by atoms with van der Waals surface area (Å²) in [6, 6.07) is 12.8. The summed E-state index contributed by atoms with van der Waals surface area (Å²) in [6.45, 7) is 5.25. The molecule has 2 rings (SSSR count). The normalized spacial score (nSPS) is 20.9. The summed E-state index contributed by atoms with van der Waals surface area (Å²) in [5.74, 6) is 1.24. The van der Waals surface area contributed by atoms with E-state index in [4.69, 9.17) is 4.74 Å². The molecule has 108 valence electrons. The van der Waals surface area contributed by atoms with Gasteiger partial charge in [0.15, 0.2) is 0 Å². The number of benzene rings is 1. The van der Waals surface area contributed by atoms with Gasteiger partial charge in [-0.1, -0.05) is 37.3 Å². The molecule has 1 saturated heterocycles. The lowest BCUT2D eigenvalue weighted by molar-refractivity contribution is -0.0197. The van der Waals surface area contributed by atoms with Gasteiger partial charge in [-0.3, -0.25) is 4.90 Å². The fourth-order valence-corrected chi connectivity index (χ4v) is 3.74. The number of nitriles is 1. The molecule has 0 spiro atoms. The first-order chi connectivity index (χ1) is 9.75. The lowest BCUT2D eigenvalue weighted by atomic mass is 9.79. The molecule has 0 aliphatic carbocycles. The maximum atomic E-state index is 10.0. The third-order valence-electron chi connectivity index (χ3n) is 4.02. The molecule has 1 aromatic carbocycles. The zero-order chi connectivity index (χ0) is 14.4. The Labute approximate surface area is 125 Å². The number of nitrogens with zero attached hydrogens (tertiary/aromatic N) is 2. The van der Waals surface area contributed by atoms with Crippen molar-refractivity contribution >= 4 is 11.8 Å². The summed E-state index contributed by atoms with van der Waals surface area (Å²) in [4.78, 5) is 2.30. The van der Waals surface area contributed by atoms with Gasteiger partial charge in [-0.25, -0.2) is 0 Å². The molecule has 0 bridgehead atoms. The second-order valence-electron chi connectivity index (χ2n) is 5.20. The van der Waals surface area contributed by atoms with Gasteiger partial charge in [0, 0.05) is 19.0 Å². The van der Waals surface area contributed by atoms with Crippen LogP contribution in [-0.2, 0) is 10.3 Å². The average Bonchev–Trinajstić information content (AvgIpc) is 2.51. The van der Waals surface area contributed by atoms with Gasteiger partial charge in [-0.05, 0) is 17.6 Å². The van der Waals surface area contributed by atoms with Crippen LogP contribution in [0.25, 0.3) is 0 Å². The van der Waals surface area contributed by atoms with E-state index in [0.717, 1.165) is 24.4 Å². The third-order valence-corrected chi connectivity index (χ3v) is 4.86. The Hall–Kier alpha value is -1.02. The van der Waals surface area contributed by atoms with Gasteiger partial charge in [0.1, 0.15) is 5.54 Å². The molecule has 0 aromatic heterocycles. The first-order valence-corrected chi connectivity index (χ1v) is 8.43. The highest BCUT2D eigenvalue weighted by Gasteiger charge is 2.44. The zero-order valence-electron chi connectivity index (χ0n) is 12.2. The van der Waals surface area contributed by atoms with Gasteiger partial charge in [0.25, 0.3) is 0 Å². The fraction of sp³-hybridized carbons (Fsp3) is 0.562. The number of thioether (sulfide) groups is 1. The van der Waals surface area contributed by atoms with E-state index in [1.807, 2.05) is 18.2 Å². The van der Waals surface area contributed by atoms with Crippen molar-refractivity contribution in [3.63, 3.8) is 0 Å². The lowest BCUT2D eigenvalue weighted by Gasteiger charge is -2.44. The van der Waals surface area contributed by atoms with Crippen LogP contribution in [0.2, 0.25) is 0 Å². The largest absolute Gasteiger partial charge is 0.379 e. The number of hydrogen-bond acceptors (Lipinski definition) is 4. The molecule has 1 fully saturated rings. The van der Waals surface area contributed by atoms with Crippen molar-refractivity contribution in [1.29, 1.82) is 5.26 Å². The Bertz CT molecular complexity index is 453. The Kier molecular flexibility index (Phi) is 5.47. The van der Waals surface area contributed by atoms with Gasteiger partial charge < -0.3 is 4.74 Å². The van der Waals surface area contributed by atoms with Gasteiger partial charge in [0.2, 0.25) is 0 Å². The van der Waals surface area contributed by atoms with Crippen LogP contribution in [0, 0.1) is 17.2 Å². The van der Waals surface area contributed by atoms with E-state index in [9.17, 15) is 5.26 Å². The third kappa shape index (κ3) is 2.85. The Morgan fingerprint density at radius 3 is 2.55 bits per heavy atom. The molecule has 0 saturated carbocycles. The van der Waals surface area contributed by atoms with Crippen molar-refractivity contribution in [1.82, 2.24) is 4.90 Å². The van der Waals surface area contributed by atoms with Crippen molar-refractivity contribution in [3.05, 3.63) is 35.9 Å². The van der Waals surface area contributed by atoms with Crippen LogP contribution in [0.3, 0.4) is 0 Å². The van der Waals surface area contributed by atoms with Crippen molar-refractivity contribution in [3.8, 4) is 6.07 Å². The number of rotatable bonds is 5. The Morgan fingerprint density at radius 1 is 1.35 bits per heavy atom. The molecule has 0 N–H and O–H groups in total. The van der Waals surface area contributed by atoms with Crippen LogP contribution in [0.1, 0.15) is 12.5 Å². The van der Waals surface area contributed by atoms with E-state index in [1.165, 1.54) is 0 Å². The molecule has 1 heterocycles. The minimum atomic E-state index is -0.548. The minimum absolute atomic E-state index is 0.267. The summed E-state index contributed by atoms with van der Waals surface area (Å²) < 4.78 is 5.46. The van der Waals surface area contributed by atoms with E-state index in [0.29, 0.717) is 13.2 Å². The Morgan fingerprint density at radius 2 is 2.00 bits per heavy atom. The van der Waals surface area contributed by atoms with Crippen LogP contribution in [0.15, 0.2) is 30.3 Å². The van der Waals surface area contributed by atoms with Gasteiger partial charge in [-0.15, -0.1) is 0 Å². The summed E-state index contributed by atoms with van der Waals surface area (Å²) in [7, 11) is 0. The summed E-state index contributed by atoms with van der Waals surface area (Å²) in [5.41, 5.74) is 0.555. The summed E-state index contributed by atoms with van der Waals surface area (Å²) in [5, 5.41) is 10.0. The van der Waals surface area contributed by atoms with E-state index in [2.05, 4.69) is 36.3 Å². The fourth-order valence-electron chi connectivity index (χ4n) is 3.00. The van der Waals surface area contributed by atoms with E-state index in [-0.39, 0.29) is 5.92 Å². The maximum absolute atomic E-state index is 10.0. The highest BCUT2D eigenvalue weighted by molar-refractivity contribution is 7.98. The predicted octanol–water partition coefficient (Wildman–Crippen LogP) is 2.74. The van der Waals surface area contributed by atoms with Crippen LogP contribution in [-0.4, -0.2) is 43.2 Å². The van der Waals surface area contributed by atoms with E-state index >= 15 is 0 Å². The van der Waals surface area contributed by atoms with E-state index < -0.39 is 5.54 Å². The molecule has 3 nitrogen and oxygen atoms in total. The smallest absolute Gasteiger partial charge is 0.138 e. The van der Waals surface area contributed by atoms with Crippen LogP contribution in [0.4, 0.5) is 0 Å². The highest BCUT2D eigenvalue weighted by Crippen LogP contribution is 2.37. The quantitative estimate of drug-likeness (QED) is 0.835. The lowest BCUT2D eigenvalue weighted by Crippen LogP contribution is -2.54. The second kappa shape index (κ2) is 7.12. The topological polar surface area (TPSA) is 36.3 Å². The SMILES string of the molecule is CSC[C@H](C)[C@](C#N)(c1ccccc1)N1CCOCC1. The van der Waals surface area contributed by atoms with Gasteiger partial charge >= 0.3 is 0 Å². The molecule has 0 radical (unpaired) electrons. The maximum Gasteiger partial charge on any atom is 0.138 e. The average molecular weight is 290 g/mol. The van der Waals surface area contributed by atoms with Crippen LogP contribution < -0.4 is 0 Å². The summed E-state index contributed by atoms with van der Waals surface area (Å²) in [6.07, 6.45) is 2.10. The molecule has 0 unspecified atom stereocenters. The first kappa shape index (κ1) is 15.4. The molecule has 1 aromatic rings. The van der Waals surface area contributed by atoms with Crippen molar-refractivity contribution in [2.45, 2.75) is 12.5 Å². The second-order valence-corrected chi connectivity index (χ2v) is 6.11. The van der Waals surface area contributed by atoms with Crippen LogP contribution >= 0.6 is 11.8 Å². The molecule has 0 amide bonds.